The number of aromatic nitrogens is 4. The maximum Gasteiger partial charge on any atom is 0.245 e. The first-order valence-corrected chi connectivity index (χ1v) is 9.39. The second-order valence-corrected chi connectivity index (χ2v) is 7.32. The molecule has 2 aromatic rings. The van der Waals surface area contributed by atoms with Crippen LogP contribution in [0.2, 0.25) is 0 Å². The zero-order valence-electron chi connectivity index (χ0n) is 15.3. The number of carbonyl (C=O) groups is 1. The van der Waals surface area contributed by atoms with Crippen molar-refractivity contribution < 1.29 is 9.42 Å². The monoisotopic (exact) mass is 359 g/mol. The lowest BCUT2D eigenvalue weighted by Gasteiger charge is -2.25. The highest BCUT2D eigenvalue weighted by atomic mass is 16.6. The molecule has 0 radical (unpaired) electrons. The number of nitrogens with one attached hydrogen (secondary N) is 1. The van der Waals surface area contributed by atoms with E-state index in [1.807, 2.05) is 18.9 Å². The minimum absolute atomic E-state index is 0.234. The van der Waals surface area contributed by atoms with Crippen LogP contribution in [0.25, 0.3) is 11.3 Å². The smallest absolute Gasteiger partial charge is 0.245 e. The number of carbonyl (C=O) groups excluding carboxylic acids is 1. The van der Waals surface area contributed by atoms with Crippen LogP contribution in [0.1, 0.15) is 39.0 Å². The molecule has 9 nitrogen and oxygen atoms in total. The van der Waals surface area contributed by atoms with Crippen molar-refractivity contribution >= 4 is 28.8 Å². The zero-order chi connectivity index (χ0) is 18.1. The normalized spacial score (nSPS) is 21.1. The van der Waals surface area contributed by atoms with Gasteiger partial charge in [0.1, 0.15) is 0 Å². The second-order valence-electron chi connectivity index (χ2n) is 7.32. The number of fused-ring (bicyclic) bond motifs is 1. The molecule has 1 saturated heterocycles. The van der Waals surface area contributed by atoms with E-state index < -0.39 is 0 Å². The molecule has 2 aliphatic rings. The van der Waals surface area contributed by atoms with E-state index in [4.69, 9.17) is 4.63 Å². The molecule has 0 spiro atoms. The third-order valence-corrected chi connectivity index (χ3v) is 5.36. The molecule has 1 saturated carbocycles. The van der Waals surface area contributed by atoms with Crippen LogP contribution in [0, 0.1) is 5.92 Å². The summed E-state index contributed by atoms with van der Waals surface area (Å²) in [5, 5.41) is 11.2. The van der Waals surface area contributed by atoms with Gasteiger partial charge in [-0.25, -0.2) is 14.6 Å². The number of rotatable bonds is 6. The van der Waals surface area contributed by atoms with Crippen molar-refractivity contribution in [3.8, 4) is 0 Å². The van der Waals surface area contributed by atoms with Gasteiger partial charge in [0, 0.05) is 45.1 Å². The van der Waals surface area contributed by atoms with Crippen LogP contribution in [0.4, 0.5) is 11.6 Å². The summed E-state index contributed by atoms with van der Waals surface area (Å²) < 4.78 is 4.78. The quantitative estimate of drug-likeness (QED) is 0.831. The Morgan fingerprint density at radius 3 is 2.65 bits per heavy atom. The molecule has 2 aromatic heterocycles. The van der Waals surface area contributed by atoms with Crippen LogP contribution in [-0.4, -0.2) is 63.8 Å². The first-order chi connectivity index (χ1) is 12.6. The Balaban J connectivity index is 1.56. The summed E-state index contributed by atoms with van der Waals surface area (Å²) in [7, 11) is 1.99. The van der Waals surface area contributed by atoms with Gasteiger partial charge in [-0.3, -0.25) is 4.79 Å². The molecule has 0 bridgehead atoms. The molecule has 1 aliphatic heterocycles. The lowest BCUT2D eigenvalue weighted by molar-refractivity contribution is -0.127. The Bertz CT molecular complexity index is 787. The van der Waals surface area contributed by atoms with Crippen LogP contribution in [0.3, 0.4) is 0 Å². The van der Waals surface area contributed by atoms with Crippen molar-refractivity contribution in [1.29, 1.82) is 0 Å². The first-order valence-electron chi connectivity index (χ1n) is 9.39. The molecule has 0 aromatic carbocycles. The summed E-state index contributed by atoms with van der Waals surface area (Å²) in [6.45, 7) is 4.33. The van der Waals surface area contributed by atoms with E-state index in [1.165, 1.54) is 12.8 Å². The average molecular weight is 359 g/mol. The highest BCUT2D eigenvalue weighted by molar-refractivity contribution is 5.79. The number of likely N-dealkylation sites (tertiary alicyclic amines) is 1. The predicted octanol–water partition coefficient (Wildman–Crippen LogP) is 1.67. The van der Waals surface area contributed by atoms with Gasteiger partial charge in [-0.2, -0.15) is 0 Å². The largest absolute Gasteiger partial charge is 0.364 e. The van der Waals surface area contributed by atoms with E-state index >= 15 is 0 Å². The van der Waals surface area contributed by atoms with E-state index in [9.17, 15) is 4.79 Å². The topological polar surface area (TPSA) is 100 Å². The van der Waals surface area contributed by atoms with Crippen molar-refractivity contribution in [3.63, 3.8) is 0 Å². The summed E-state index contributed by atoms with van der Waals surface area (Å²) in [4.78, 5) is 25.2. The van der Waals surface area contributed by atoms with Gasteiger partial charge in [-0.15, -0.1) is 0 Å². The van der Waals surface area contributed by atoms with Crippen LogP contribution < -0.4 is 10.2 Å². The van der Waals surface area contributed by atoms with E-state index in [0.717, 1.165) is 44.1 Å². The van der Waals surface area contributed by atoms with Crippen molar-refractivity contribution in [2.75, 3.05) is 36.9 Å². The number of nitrogens with zero attached hydrogens (tertiary/aromatic N) is 6. The number of amides is 1. The fourth-order valence-corrected chi connectivity index (χ4v) is 4.01. The van der Waals surface area contributed by atoms with E-state index in [1.54, 1.807) is 0 Å². The van der Waals surface area contributed by atoms with Crippen LogP contribution in [0.5, 0.6) is 0 Å². The summed E-state index contributed by atoms with van der Waals surface area (Å²) in [6.07, 6.45) is 5.35. The van der Waals surface area contributed by atoms with Gasteiger partial charge in [-0.05, 0) is 30.1 Å². The third-order valence-electron chi connectivity index (χ3n) is 5.36. The zero-order valence-corrected chi connectivity index (χ0v) is 15.3. The molecule has 4 rings (SSSR count). The van der Waals surface area contributed by atoms with Gasteiger partial charge in [0.25, 0.3) is 0 Å². The minimum atomic E-state index is 0.234. The molecule has 1 atom stereocenters. The molecule has 1 unspecified atom stereocenters. The van der Waals surface area contributed by atoms with Crippen LogP contribution in [0.15, 0.2) is 4.63 Å². The SMILES string of the molecule is CCN1CC(CN(C)c2nc3nonc3nc2NC2CCCC2)CC1=O. The molecule has 1 aliphatic carbocycles. The lowest BCUT2D eigenvalue weighted by Crippen LogP contribution is -2.30. The molecule has 26 heavy (non-hydrogen) atoms. The van der Waals surface area contributed by atoms with E-state index in [2.05, 4.69) is 30.5 Å². The Hall–Kier alpha value is -2.45. The second kappa shape index (κ2) is 7.05. The molecule has 9 heteroatoms. The molecule has 3 heterocycles. The third kappa shape index (κ3) is 3.30. The molecular formula is C17H25N7O2. The highest BCUT2D eigenvalue weighted by Gasteiger charge is 2.30. The highest BCUT2D eigenvalue weighted by Crippen LogP contribution is 2.29. The maximum atomic E-state index is 12.0. The van der Waals surface area contributed by atoms with Gasteiger partial charge in [0.05, 0.1) is 0 Å². The Morgan fingerprint density at radius 2 is 1.96 bits per heavy atom. The van der Waals surface area contributed by atoms with Crippen molar-refractivity contribution in [1.82, 2.24) is 25.2 Å². The summed E-state index contributed by atoms with van der Waals surface area (Å²) in [6, 6.07) is 0.414. The van der Waals surface area contributed by atoms with E-state index in [-0.39, 0.29) is 5.91 Å². The first kappa shape index (κ1) is 17.0. The fourth-order valence-electron chi connectivity index (χ4n) is 4.01. The Kier molecular flexibility index (Phi) is 4.60. The van der Waals surface area contributed by atoms with Gasteiger partial charge in [0.15, 0.2) is 11.6 Å². The molecule has 1 amide bonds. The number of anilines is 2. The van der Waals surface area contributed by atoms with Gasteiger partial charge >= 0.3 is 0 Å². The molecule has 2 fully saturated rings. The van der Waals surface area contributed by atoms with Crippen molar-refractivity contribution in [2.45, 2.75) is 45.1 Å². The van der Waals surface area contributed by atoms with Crippen molar-refractivity contribution in [3.05, 3.63) is 0 Å². The lowest BCUT2D eigenvalue weighted by atomic mass is 10.1. The maximum absolute atomic E-state index is 12.0. The fraction of sp³-hybridized carbons (Fsp3) is 0.706. The number of hydrogen-bond donors (Lipinski definition) is 1. The Morgan fingerprint density at radius 1 is 1.23 bits per heavy atom. The summed E-state index contributed by atoms with van der Waals surface area (Å²) in [5.41, 5.74) is 0.817. The van der Waals surface area contributed by atoms with Gasteiger partial charge in [0.2, 0.25) is 17.2 Å². The van der Waals surface area contributed by atoms with Crippen LogP contribution in [-0.2, 0) is 4.79 Å². The number of hydrogen-bond acceptors (Lipinski definition) is 8. The molecular weight excluding hydrogens is 334 g/mol. The Labute approximate surface area is 152 Å². The van der Waals surface area contributed by atoms with Gasteiger partial charge in [-0.1, -0.05) is 12.8 Å². The minimum Gasteiger partial charge on any atom is -0.364 e. The predicted molar refractivity (Wildman–Crippen MR) is 96.9 cm³/mol. The molecule has 140 valence electrons. The van der Waals surface area contributed by atoms with Crippen LogP contribution >= 0.6 is 0 Å². The summed E-state index contributed by atoms with van der Waals surface area (Å²) >= 11 is 0. The molecule has 1 N–H and O–H groups in total. The summed E-state index contributed by atoms with van der Waals surface area (Å²) in [5.74, 6) is 1.99. The average Bonchev–Trinajstić information content (AvgIpc) is 3.35. The van der Waals surface area contributed by atoms with Crippen molar-refractivity contribution in [2.24, 2.45) is 5.92 Å². The standard InChI is InChI=1S/C17H25N7O2/c1-3-24-10-11(8-13(24)25)9-23(2)17-16(18-12-6-4-5-7-12)19-14-15(20-17)22-26-21-14/h11-12H,3-10H2,1-2H3,(H,18,19,21). The van der Waals surface area contributed by atoms with E-state index in [0.29, 0.717) is 29.7 Å². The van der Waals surface area contributed by atoms with Gasteiger partial charge < -0.3 is 15.1 Å².